The van der Waals surface area contributed by atoms with Crippen LogP contribution in [-0.4, -0.2) is 37.7 Å². The highest BCUT2D eigenvalue weighted by Crippen LogP contribution is 2.30. The fourth-order valence-electron chi connectivity index (χ4n) is 3.08. The Kier molecular flexibility index (Phi) is 6.45. The number of esters is 1. The molecule has 2 rings (SSSR count). The number of methoxy groups -OCH3 is 2. The largest absolute Gasteiger partial charge is 0.496 e. The van der Waals surface area contributed by atoms with E-state index in [1.165, 1.54) is 21.1 Å². The average molecular weight is 360 g/mol. The molecule has 0 saturated heterocycles. The molecule has 0 heterocycles. The number of hydrogen-bond donors (Lipinski definition) is 1. The molecule has 26 heavy (non-hydrogen) atoms. The van der Waals surface area contributed by atoms with Crippen LogP contribution in [0.2, 0.25) is 0 Å². The van der Waals surface area contributed by atoms with Gasteiger partial charge in [-0.25, -0.2) is 4.79 Å². The van der Waals surface area contributed by atoms with Crippen molar-refractivity contribution in [2.45, 2.75) is 50.7 Å². The number of nitrogens with one attached hydrogen (secondary N) is 1. The van der Waals surface area contributed by atoms with Gasteiger partial charge in [-0.05, 0) is 31.9 Å². The maximum atomic E-state index is 12.5. The van der Waals surface area contributed by atoms with Gasteiger partial charge >= 0.3 is 5.97 Å². The normalized spacial score (nSPS) is 16.7. The first-order valence-corrected chi connectivity index (χ1v) is 8.61. The smallest absolute Gasteiger partial charge is 0.346 e. The van der Waals surface area contributed by atoms with E-state index >= 15 is 0 Å². The molecule has 0 radical (unpaired) electrons. The summed E-state index contributed by atoms with van der Waals surface area (Å²) < 4.78 is 15.7. The van der Waals surface area contributed by atoms with Crippen molar-refractivity contribution >= 4 is 11.9 Å². The molecule has 140 valence electrons. The Morgan fingerprint density at radius 3 is 2.23 bits per heavy atom. The van der Waals surface area contributed by atoms with Crippen molar-refractivity contribution in [1.29, 1.82) is 5.26 Å². The Morgan fingerprint density at radius 2 is 1.73 bits per heavy atom. The summed E-state index contributed by atoms with van der Waals surface area (Å²) in [5, 5.41) is 12.2. The number of amides is 1. The third kappa shape index (κ3) is 4.26. The van der Waals surface area contributed by atoms with Crippen molar-refractivity contribution < 1.29 is 23.8 Å². The van der Waals surface area contributed by atoms with Gasteiger partial charge in [-0.2, -0.15) is 5.26 Å². The van der Waals surface area contributed by atoms with Crippen molar-refractivity contribution in [1.82, 2.24) is 5.32 Å². The Bertz CT molecular complexity index is 682. The van der Waals surface area contributed by atoms with E-state index in [4.69, 9.17) is 14.2 Å². The van der Waals surface area contributed by atoms with E-state index in [2.05, 4.69) is 11.4 Å². The van der Waals surface area contributed by atoms with Crippen LogP contribution in [-0.2, 0) is 9.53 Å². The Morgan fingerprint density at radius 1 is 1.15 bits per heavy atom. The number of nitrogens with zero attached hydrogens (tertiary/aromatic N) is 1. The minimum atomic E-state index is -1.05. The first kappa shape index (κ1) is 19.6. The van der Waals surface area contributed by atoms with Gasteiger partial charge in [-0.1, -0.05) is 25.3 Å². The highest BCUT2D eigenvalue weighted by atomic mass is 16.6. The molecule has 1 aliphatic rings. The van der Waals surface area contributed by atoms with Gasteiger partial charge in [-0.15, -0.1) is 0 Å². The molecule has 0 spiro atoms. The van der Waals surface area contributed by atoms with Crippen LogP contribution in [0.25, 0.3) is 0 Å². The fourth-order valence-corrected chi connectivity index (χ4v) is 3.08. The van der Waals surface area contributed by atoms with E-state index in [0.29, 0.717) is 24.3 Å². The van der Waals surface area contributed by atoms with Crippen molar-refractivity contribution in [2.24, 2.45) is 0 Å². The van der Waals surface area contributed by atoms with Crippen molar-refractivity contribution in [3.8, 4) is 17.6 Å². The lowest BCUT2D eigenvalue weighted by Crippen LogP contribution is -2.52. The third-order valence-electron chi connectivity index (χ3n) is 4.57. The number of rotatable bonds is 6. The first-order valence-electron chi connectivity index (χ1n) is 8.61. The number of carbonyl (C=O) groups excluding carboxylic acids is 2. The zero-order valence-corrected chi connectivity index (χ0v) is 15.3. The summed E-state index contributed by atoms with van der Waals surface area (Å²) in [6.07, 6.45) is 2.99. The Balaban J connectivity index is 2.09. The van der Waals surface area contributed by atoms with E-state index in [-0.39, 0.29) is 5.56 Å². The number of nitriles is 1. The van der Waals surface area contributed by atoms with Crippen LogP contribution in [0.4, 0.5) is 0 Å². The van der Waals surface area contributed by atoms with Crippen LogP contribution in [0.3, 0.4) is 0 Å². The first-order chi connectivity index (χ1) is 12.5. The molecule has 0 unspecified atom stereocenters. The standard InChI is InChI=1S/C19H24N2O5/c1-13(17(22)21-19(12-20)10-5-4-6-11-19)26-18(23)16-14(24-2)8-7-9-15(16)25-3/h7-9,13H,4-6,10-11H2,1-3H3,(H,21,22)/t13-/m0/s1. The molecule has 1 atom stereocenters. The molecule has 0 bridgehead atoms. The minimum absolute atomic E-state index is 0.116. The van der Waals surface area contributed by atoms with Gasteiger partial charge in [0.05, 0.1) is 20.3 Å². The molecule has 1 N–H and O–H groups in total. The lowest BCUT2D eigenvalue weighted by Gasteiger charge is -2.32. The summed E-state index contributed by atoms with van der Waals surface area (Å²) in [6.45, 7) is 1.48. The predicted octanol–water partition coefficient (Wildman–Crippen LogP) is 2.59. The molecule has 7 nitrogen and oxygen atoms in total. The molecular weight excluding hydrogens is 336 g/mol. The summed E-state index contributed by atoms with van der Waals surface area (Å²) in [5.74, 6) is -0.627. The second-order valence-corrected chi connectivity index (χ2v) is 6.33. The van der Waals surface area contributed by atoms with Gasteiger partial charge in [0.2, 0.25) is 0 Å². The lowest BCUT2D eigenvalue weighted by molar-refractivity contribution is -0.130. The minimum Gasteiger partial charge on any atom is -0.496 e. The molecule has 1 aliphatic carbocycles. The van der Waals surface area contributed by atoms with Crippen molar-refractivity contribution in [3.63, 3.8) is 0 Å². The van der Waals surface area contributed by atoms with Gasteiger partial charge in [0.1, 0.15) is 22.6 Å². The number of hydrogen-bond acceptors (Lipinski definition) is 6. The van der Waals surface area contributed by atoms with Gasteiger partial charge in [-0.3, -0.25) is 4.79 Å². The van der Waals surface area contributed by atoms with E-state index in [9.17, 15) is 14.9 Å². The van der Waals surface area contributed by atoms with Crippen molar-refractivity contribution in [3.05, 3.63) is 23.8 Å². The summed E-state index contributed by atoms with van der Waals surface area (Å²) in [4.78, 5) is 25.0. The van der Waals surface area contributed by atoms with Crippen LogP contribution < -0.4 is 14.8 Å². The molecule has 0 aromatic heterocycles. The SMILES string of the molecule is COc1cccc(OC)c1C(=O)O[C@@H](C)C(=O)NC1(C#N)CCCCC1. The number of benzene rings is 1. The maximum absolute atomic E-state index is 12.5. The summed E-state index contributed by atoms with van der Waals surface area (Å²) in [7, 11) is 2.86. The van der Waals surface area contributed by atoms with E-state index in [1.807, 2.05) is 0 Å². The van der Waals surface area contributed by atoms with Crippen molar-refractivity contribution in [2.75, 3.05) is 14.2 Å². The third-order valence-corrected chi connectivity index (χ3v) is 4.57. The summed E-state index contributed by atoms with van der Waals surface area (Å²) >= 11 is 0. The quantitative estimate of drug-likeness (QED) is 0.783. The second-order valence-electron chi connectivity index (χ2n) is 6.33. The number of ether oxygens (including phenoxy) is 3. The molecular formula is C19H24N2O5. The predicted molar refractivity (Wildman–Crippen MR) is 94.0 cm³/mol. The maximum Gasteiger partial charge on any atom is 0.346 e. The average Bonchev–Trinajstić information content (AvgIpc) is 2.67. The van der Waals surface area contributed by atoms with E-state index in [1.54, 1.807) is 18.2 Å². The zero-order chi connectivity index (χ0) is 19.2. The molecule has 0 aliphatic heterocycles. The second kappa shape index (κ2) is 8.56. The van der Waals surface area contributed by atoms with E-state index in [0.717, 1.165) is 19.3 Å². The van der Waals surface area contributed by atoms with Crippen LogP contribution in [0, 0.1) is 11.3 Å². The topological polar surface area (TPSA) is 97.7 Å². The van der Waals surface area contributed by atoms with Gasteiger partial charge < -0.3 is 19.5 Å². The fraction of sp³-hybridized carbons (Fsp3) is 0.526. The molecule has 1 aromatic carbocycles. The van der Waals surface area contributed by atoms with Gasteiger partial charge in [0.15, 0.2) is 6.10 Å². The molecule has 7 heteroatoms. The van der Waals surface area contributed by atoms with Crippen LogP contribution >= 0.6 is 0 Å². The Labute approximate surface area is 153 Å². The van der Waals surface area contributed by atoms with E-state index < -0.39 is 23.5 Å². The lowest BCUT2D eigenvalue weighted by atomic mass is 9.83. The van der Waals surface area contributed by atoms with Crippen LogP contribution in [0.1, 0.15) is 49.4 Å². The van der Waals surface area contributed by atoms with Gasteiger partial charge in [0, 0.05) is 0 Å². The monoisotopic (exact) mass is 360 g/mol. The van der Waals surface area contributed by atoms with Crippen LogP contribution in [0.5, 0.6) is 11.5 Å². The van der Waals surface area contributed by atoms with Crippen LogP contribution in [0.15, 0.2) is 18.2 Å². The summed E-state index contributed by atoms with van der Waals surface area (Å²) in [6, 6.07) is 7.11. The molecule has 1 fully saturated rings. The highest BCUT2D eigenvalue weighted by molar-refractivity contribution is 5.97. The molecule has 1 aromatic rings. The highest BCUT2D eigenvalue weighted by Gasteiger charge is 2.35. The Hall–Kier alpha value is -2.75. The number of carbonyl (C=O) groups is 2. The van der Waals surface area contributed by atoms with Gasteiger partial charge in [0.25, 0.3) is 5.91 Å². The molecule has 1 amide bonds. The zero-order valence-electron chi connectivity index (χ0n) is 15.3. The summed E-state index contributed by atoms with van der Waals surface area (Å²) in [5.41, 5.74) is -0.761. The molecule has 1 saturated carbocycles.